The topological polar surface area (TPSA) is 80.7 Å². The van der Waals surface area contributed by atoms with Crippen molar-refractivity contribution in [3.8, 4) is 0 Å². The Labute approximate surface area is 81.0 Å². The molecule has 14 heavy (non-hydrogen) atoms. The summed E-state index contributed by atoms with van der Waals surface area (Å²) in [4.78, 5) is 33.0. The Balaban J connectivity index is 2.78. The molecule has 0 heterocycles. The van der Waals surface area contributed by atoms with E-state index in [9.17, 15) is 14.4 Å². The van der Waals surface area contributed by atoms with E-state index < -0.39 is 23.8 Å². The summed E-state index contributed by atoms with van der Waals surface area (Å²) in [5.41, 5.74) is 0. The van der Waals surface area contributed by atoms with Gasteiger partial charge in [-0.15, -0.1) is 0 Å². The lowest BCUT2D eigenvalue weighted by atomic mass is 9.78. The van der Waals surface area contributed by atoms with Crippen molar-refractivity contribution in [1.29, 1.82) is 0 Å². The predicted molar refractivity (Wildman–Crippen MR) is 45.5 cm³/mol. The maximum atomic E-state index is 11.2. The van der Waals surface area contributed by atoms with E-state index in [0.29, 0.717) is 0 Å². The summed E-state index contributed by atoms with van der Waals surface area (Å²) in [5.74, 6) is -3.30. The first kappa shape index (κ1) is 10.7. The van der Waals surface area contributed by atoms with Gasteiger partial charge in [-0.1, -0.05) is 0 Å². The summed E-state index contributed by atoms with van der Waals surface area (Å²) < 4.78 is 4.46. The van der Waals surface area contributed by atoms with E-state index in [-0.39, 0.29) is 25.0 Å². The number of methoxy groups -OCH3 is 1. The van der Waals surface area contributed by atoms with E-state index in [0.717, 1.165) is 0 Å². The normalized spacial score (nSPS) is 27.1. The van der Waals surface area contributed by atoms with Crippen LogP contribution in [0.4, 0.5) is 0 Å². The van der Waals surface area contributed by atoms with Crippen LogP contribution in [0, 0.1) is 11.8 Å². The third-order valence-electron chi connectivity index (χ3n) is 2.49. The van der Waals surface area contributed by atoms with Crippen molar-refractivity contribution >= 4 is 17.7 Å². The quantitative estimate of drug-likeness (QED) is 0.645. The highest BCUT2D eigenvalue weighted by atomic mass is 16.5. The lowest BCUT2D eigenvalue weighted by Crippen LogP contribution is -2.36. The second-order valence-electron chi connectivity index (χ2n) is 3.36. The number of carbonyl (C=O) groups excluding carboxylic acids is 2. The van der Waals surface area contributed by atoms with Crippen molar-refractivity contribution in [2.24, 2.45) is 11.8 Å². The fourth-order valence-electron chi connectivity index (χ4n) is 1.70. The zero-order valence-electron chi connectivity index (χ0n) is 7.86. The summed E-state index contributed by atoms with van der Waals surface area (Å²) in [6, 6.07) is 0. The molecule has 1 aliphatic carbocycles. The van der Waals surface area contributed by atoms with E-state index in [1.54, 1.807) is 0 Å². The van der Waals surface area contributed by atoms with Crippen molar-refractivity contribution < 1.29 is 24.2 Å². The van der Waals surface area contributed by atoms with Crippen LogP contribution in [0.2, 0.25) is 0 Å². The molecule has 1 aliphatic rings. The number of carboxylic acid groups (broad SMARTS) is 1. The van der Waals surface area contributed by atoms with Crippen LogP contribution >= 0.6 is 0 Å². The number of Topliss-reactive ketones (excluding diaryl/α,β-unsaturated/α-hetero) is 1. The van der Waals surface area contributed by atoms with Gasteiger partial charge in [-0.25, -0.2) is 0 Å². The van der Waals surface area contributed by atoms with Gasteiger partial charge in [0.25, 0.3) is 0 Å². The van der Waals surface area contributed by atoms with E-state index in [2.05, 4.69) is 4.74 Å². The summed E-state index contributed by atoms with van der Waals surface area (Å²) >= 11 is 0. The Morgan fingerprint density at radius 2 is 2.07 bits per heavy atom. The molecule has 78 valence electrons. The number of ether oxygens (including phenoxy) is 1. The minimum absolute atomic E-state index is 0.0103. The molecule has 5 heteroatoms. The molecule has 0 aromatic rings. The third kappa shape index (κ3) is 2.10. The molecule has 2 unspecified atom stereocenters. The highest BCUT2D eigenvalue weighted by Crippen LogP contribution is 2.29. The Morgan fingerprint density at radius 1 is 1.43 bits per heavy atom. The van der Waals surface area contributed by atoms with Gasteiger partial charge in [0.15, 0.2) is 0 Å². The summed E-state index contributed by atoms with van der Waals surface area (Å²) in [6.45, 7) is 0. The molecule has 0 aliphatic heterocycles. The molecule has 0 spiro atoms. The zero-order valence-corrected chi connectivity index (χ0v) is 7.86. The van der Waals surface area contributed by atoms with Crippen molar-refractivity contribution in [2.45, 2.75) is 19.3 Å². The SMILES string of the molecule is COC(=O)C1CC(=O)CCC1C(=O)O. The van der Waals surface area contributed by atoms with Gasteiger partial charge in [-0.05, 0) is 6.42 Å². The minimum atomic E-state index is -1.03. The van der Waals surface area contributed by atoms with Crippen molar-refractivity contribution in [3.05, 3.63) is 0 Å². The second kappa shape index (κ2) is 4.21. The first-order valence-electron chi connectivity index (χ1n) is 4.38. The van der Waals surface area contributed by atoms with Crippen LogP contribution < -0.4 is 0 Å². The Hall–Kier alpha value is -1.39. The van der Waals surface area contributed by atoms with Crippen LogP contribution in [-0.4, -0.2) is 29.9 Å². The summed E-state index contributed by atoms with van der Waals surface area (Å²) in [7, 11) is 1.19. The molecule has 0 aromatic carbocycles. The fourth-order valence-corrected chi connectivity index (χ4v) is 1.70. The number of aliphatic carboxylic acids is 1. The number of esters is 1. The third-order valence-corrected chi connectivity index (χ3v) is 2.49. The molecule has 1 saturated carbocycles. The average molecular weight is 200 g/mol. The number of carboxylic acids is 1. The fraction of sp³-hybridized carbons (Fsp3) is 0.667. The molecule has 0 radical (unpaired) electrons. The molecular weight excluding hydrogens is 188 g/mol. The van der Waals surface area contributed by atoms with Crippen LogP contribution in [0.1, 0.15) is 19.3 Å². The molecule has 1 fully saturated rings. The van der Waals surface area contributed by atoms with Gasteiger partial charge in [0.1, 0.15) is 5.78 Å². The van der Waals surface area contributed by atoms with Gasteiger partial charge in [-0.3, -0.25) is 14.4 Å². The molecule has 0 aromatic heterocycles. The number of carbonyl (C=O) groups is 3. The number of ketones is 1. The van der Waals surface area contributed by atoms with Gasteiger partial charge in [0.2, 0.25) is 0 Å². The van der Waals surface area contributed by atoms with Crippen LogP contribution in [0.5, 0.6) is 0 Å². The van der Waals surface area contributed by atoms with Gasteiger partial charge < -0.3 is 9.84 Å². The highest BCUT2D eigenvalue weighted by molar-refractivity contribution is 5.90. The largest absolute Gasteiger partial charge is 0.481 e. The minimum Gasteiger partial charge on any atom is -0.481 e. The molecule has 1 N–H and O–H groups in total. The molecule has 0 saturated heterocycles. The summed E-state index contributed by atoms with van der Waals surface area (Å²) in [5, 5.41) is 8.82. The Kier molecular flexibility index (Phi) is 3.22. The predicted octanol–water partition coefficient (Wildman–Crippen LogP) is 0.229. The molecule has 1 rings (SSSR count). The maximum Gasteiger partial charge on any atom is 0.309 e. The molecule has 5 nitrogen and oxygen atoms in total. The van der Waals surface area contributed by atoms with Crippen LogP contribution in [0.15, 0.2) is 0 Å². The second-order valence-corrected chi connectivity index (χ2v) is 3.36. The van der Waals surface area contributed by atoms with Crippen molar-refractivity contribution in [2.75, 3.05) is 7.11 Å². The standard InChI is InChI=1S/C9H12O5/c1-14-9(13)7-4-5(10)2-3-6(7)8(11)12/h6-7H,2-4H2,1H3,(H,11,12). The van der Waals surface area contributed by atoms with Gasteiger partial charge >= 0.3 is 11.9 Å². The number of hydrogen-bond acceptors (Lipinski definition) is 4. The van der Waals surface area contributed by atoms with Crippen LogP contribution in [0.3, 0.4) is 0 Å². The first-order chi connectivity index (χ1) is 6.56. The number of rotatable bonds is 2. The highest BCUT2D eigenvalue weighted by Gasteiger charge is 2.39. The maximum absolute atomic E-state index is 11.2. The lowest BCUT2D eigenvalue weighted by molar-refractivity contribution is -0.159. The number of hydrogen-bond donors (Lipinski definition) is 1. The van der Waals surface area contributed by atoms with Crippen LogP contribution in [-0.2, 0) is 19.1 Å². The van der Waals surface area contributed by atoms with E-state index in [1.165, 1.54) is 7.11 Å². The molecule has 0 bridgehead atoms. The van der Waals surface area contributed by atoms with E-state index in [4.69, 9.17) is 5.11 Å². The first-order valence-corrected chi connectivity index (χ1v) is 4.38. The van der Waals surface area contributed by atoms with E-state index in [1.807, 2.05) is 0 Å². The Morgan fingerprint density at radius 3 is 2.57 bits per heavy atom. The van der Waals surface area contributed by atoms with E-state index >= 15 is 0 Å². The van der Waals surface area contributed by atoms with Gasteiger partial charge in [-0.2, -0.15) is 0 Å². The van der Waals surface area contributed by atoms with Gasteiger partial charge in [0, 0.05) is 12.8 Å². The Bertz CT molecular complexity index is 270. The van der Waals surface area contributed by atoms with Gasteiger partial charge in [0.05, 0.1) is 18.9 Å². The summed E-state index contributed by atoms with van der Waals surface area (Å²) in [6.07, 6.45) is 0.460. The molecular formula is C9H12O5. The zero-order chi connectivity index (χ0) is 10.7. The molecule has 0 amide bonds. The van der Waals surface area contributed by atoms with Crippen LogP contribution in [0.25, 0.3) is 0 Å². The molecule has 2 atom stereocenters. The monoisotopic (exact) mass is 200 g/mol. The van der Waals surface area contributed by atoms with Crippen molar-refractivity contribution in [3.63, 3.8) is 0 Å². The van der Waals surface area contributed by atoms with Crippen molar-refractivity contribution in [1.82, 2.24) is 0 Å². The smallest absolute Gasteiger partial charge is 0.309 e. The lowest BCUT2D eigenvalue weighted by Gasteiger charge is -2.25. The average Bonchev–Trinajstić information content (AvgIpc) is 2.16.